The zero-order chi connectivity index (χ0) is 13.7. The average molecular weight is 287 g/mol. The van der Waals surface area contributed by atoms with Crippen LogP contribution >= 0.6 is 11.6 Å². The predicted molar refractivity (Wildman–Crippen MR) is 75.0 cm³/mol. The zero-order valence-electron chi connectivity index (χ0n) is 11.2. The van der Waals surface area contributed by atoms with Crippen molar-refractivity contribution >= 4 is 11.6 Å². The highest BCUT2D eigenvalue weighted by molar-refractivity contribution is 6.30. The second-order valence-corrected chi connectivity index (χ2v) is 5.42. The van der Waals surface area contributed by atoms with E-state index in [-0.39, 0.29) is 5.82 Å². The average Bonchev–Trinajstić information content (AvgIpc) is 2.42. The van der Waals surface area contributed by atoms with Crippen molar-refractivity contribution in [1.29, 1.82) is 0 Å². The first-order valence-electron chi connectivity index (χ1n) is 6.59. The van der Waals surface area contributed by atoms with Crippen molar-refractivity contribution in [1.82, 2.24) is 10.2 Å². The Kier molecular flexibility index (Phi) is 5.58. The van der Waals surface area contributed by atoms with Gasteiger partial charge in [0.2, 0.25) is 0 Å². The molecule has 1 N–H and O–H groups in total. The quantitative estimate of drug-likeness (QED) is 0.899. The minimum atomic E-state index is -0.199. The molecule has 3 nitrogen and oxygen atoms in total. The third-order valence-electron chi connectivity index (χ3n) is 3.31. The first-order valence-corrected chi connectivity index (χ1v) is 6.96. The first kappa shape index (κ1) is 14.7. The predicted octanol–water partition coefficient (Wildman–Crippen LogP) is 2.29. The summed E-state index contributed by atoms with van der Waals surface area (Å²) in [5.41, 5.74) is 0.642. The van der Waals surface area contributed by atoms with Crippen LogP contribution in [0.3, 0.4) is 0 Å². The van der Waals surface area contributed by atoms with Gasteiger partial charge in [-0.3, -0.25) is 0 Å². The number of hydrogen-bond donors (Lipinski definition) is 1. The van der Waals surface area contributed by atoms with Crippen molar-refractivity contribution in [2.75, 3.05) is 33.4 Å². The Balaban J connectivity index is 1.80. The lowest BCUT2D eigenvalue weighted by Crippen LogP contribution is -2.42. The Morgan fingerprint density at radius 3 is 3.11 bits per heavy atom. The molecule has 1 aliphatic heterocycles. The van der Waals surface area contributed by atoms with Gasteiger partial charge >= 0.3 is 0 Å². The smallest absolute Gasteiger partial charge is 0.127 e. The van der Waals surface area contributed by atoms with Crippen LogP contribution in [0.5, 0.6) is 0 Å². The molecule has 1 heterocycles. The van der Waals surface area contributed by atoms with Gasteiger partial charge in [-0.25, -0.2) is 4.39 Å². The molecular weight excluding hydrogens is 267 g/mol. The lowest BCUT2D eigenvalue weighted by atomic mass is 10.1. The van der Waals surface area contributed by atoms with Gasteiger partial charge in [0.15, 0.2) is 0 Å². The van der Waals surface area contributed by atoms with Crippen LogP contribution in [0.4, 0.5) is 4.39 Å². The summed E-state index contributed by atoms with van der Waals surface area (Å²) in [5, 5.41) is 3.99. The fourth-order valence-corrected chi connectivity index (χ4v) is 2.41. The molecule has 1 atom stereocenters. The summed E-state index contributed by atoms with van der Waals surface area (Å²) in [6.07, 6.45) is 0.999. The molecule has 0 bridgehead atoms. The molecule has 0 radical (unpaired) electrons. The van der Waals surface area contributed by atoms with Crippen LogP contribution in [0.1, 0.15) is 12.0 Å². The van der Waals surface area contributed by atoms with Gasteiger partial charge in [0.05, 0.1) is 13.2 Å². The summed E-state index contributed by atoms with van der Waals surface area (Å²) >= 11 is 5.89. The molecule has 1 unspecified atom stereocenters. The third-order valence-corrected chi connectivity index (χ3v) is 3.54. The fraction of sp³-hybridized carbons (Fsp3) is 0.571. The molecular formula is C14H20ClFN2O. The van der Waals surface area contributed by atoms with Crippen molar-refractivity contribution < 1.29 is 9.13 Å². The maximum absolute atomic E-state index is 13.6. The molecule has 2 rings (SSSR count). The standard InChI is InChI=1S/C14H20ClFN2O/c1-18(6-4-13-10-19-7-5-17-13)9-11-8-12(15)2-3-14(11)16/h2-3,8,13,17H,4-7,9-10H2,1H3. The van der Waals surface area contributed by atoms with Crippen LogP contribution in [0.2, 0.25) is 5.02 Å². The summed E-state index contributed by atoms with van der Waals surface area (Å²) in [5.74, 6) is -0.199. The van der Waals surface area contributed by atoms with Crippen molar-refractivity contribution in [3.8, 4) is 0 Å². The second-order valence-electron chi connectivity index (χ2n) is 4.99. The minimum Gasteiger partial charge on any atom is -0.379 e. The highest BCUT2D eigenvalue weighted by atomic mass is 35.5. The molecule has 0 aromatic heterocycles. The van der Waals surface area contributed by atoms with E-state index < -0.39 is 0 Å². The van der Waals surface area contributed by atoms with Crippen molar-refractivity contribution in [3.63, 3.8) is 0 Å². The lowest BCUT2D eigenvalue weighted by molar-refractivity contribution is 0.0707. The minimum absolute atomic E-state index is 0.199. The number of hydrogen-bond acceptors (Lipinski definition) is 3. The Morgan fingerprint density at radius 2 is 2.37 bits per heavy atom. The van der Waals surface area contributed by atoms with Crippen molar-refractivity contribution in [3.05, 3.63) is 34.6 Å². The largest absolute Gasteiger partial charge is 0.379 e. The highest BCUT2D eigenvalue weighted by Crippen LogP contribution is 2.16. The number of rotatable bonds is 5. The number of nitrogens with one attached hydrogen (secondary N) is 1. The summed E-state index contributed by atoms with van der Waals surface area (Å²) in [6.45, 7) is 3.93. The Morgan fingerprint density at radius 1 is 1.53 bits per heavy atom. The van der Waals surface area contributed by atoms with Gasteiger partial charge in [-0.15, -0.1) is 0 Å². The van der Waals surface area contributed by atoms with Gasteiger partial charge < -0.3 is 15.0 Å². The van der Waals surface area contributed by atoms with Crippen LogP contribution < -0.4 is 5.32 Å². The maximum Gasteiger partial charge on any atom is 0.127 e. The second kappa shape index (κ2) is 7.20. The molecule has 106 valence electrons. The van der Waals surface area contributed by atoms with Crippen LogP contribution in [0, 0.1) is 5.82 Å². The van der Waals surface area contributed by atoms with Crippen LogP contribution in [0.15, 0.2) is 18.2 Å². The molecule has 1 saturated heterocycles. The molecule has 1 aromatic carbocycles. The van der Waals surface area contributed by atoms with Crippen molar-refractivity contribution in [2.24, 2.45) is 0 Å². The number of benzene rings is 1. The number of halogens is 2. The van der Waals surface area contributed by atoms with E-state index in [1.54, 1.807) is 12.1 Å². The van der Waals surface area contributed by atoms with Crippen LogP contribution in [-0.2, 0) is 11.3 Å². The molecule has 0 aliphatic carbocycles. The monoisotopic (exact) mass is 286 g/mol. The summed E-state index contributed by atoms with van der Waals surface area (Å²) in [4.78, 5) is 2.10. The van der Waals surface area contributed by atoms with Gasteiger partial charge in [-0.1, -0.05) is 11.6 Å². The molecule has 5 heteroatoms. The van der Waals surface area contributed by atoms with Crippen LogP contribution in [0.25, 0.3) is 0 Å². The van der Waals surface area contributed by atoms with Gasteiger partial charge in [-0.2, -0.15) is 0 Å². The Hall–Kier alpha value is -0.680. The SMILES string of the molecule is CN(CCC1COCCN1)Cc1cc(Cl)ccc1F. The number of ether oxygens (including phenoxy) is 1. The summed E-state index contributed by atoms with van der Waals surface area (Å²) < 4.78 is 19.0. The van der Waals surface area contributed by atoms with E-state index in [4.69, 9.17) is 16.3 Å². The molecule has 0 spiro atoms. The van der Waals surface area contributed by atoms with Gasteiger partial charge in [-0.05, 0) is 38.2 Å². The summed E-state index contributed by atoms with van der Waals surface area (Å²) in [7, 11) is 1.99. The Bertz CT molecular complexity index is 410. The Labute approximate surface area is 118 Å². The topological polar surface area (TPSA) is 24.5 Å². The van der Waals surface area contributed by atoms with E-state index in [0.717, 1.165) is 32.7 Å². The molecule has 0 amide bonds. The maximum atomic E-state index is 13.6. The molecule has 1 aliphatic rings. The van der Waals surface area contributed by atoms with E-state index in [1.165, 1.54) is 6.07 Å². The first-order chi connectivity index (χ1) is 9.15. The lowest BCUT2D eigenvalue weighted by Gasteiger charge is -2.26. The van der Waals surface area contributed by atoms with E-state index in [2.05, 4.69) is 10.2 Å². The van der Waals surface area contributed by atoms with E-state index >= 15 is 0 Å². The normalized spacial score (nSPS) is 19.9. The van der Waals surface area contributed by atoms with Crippen LogP contribution in [-0.4, -0.2) is 44.3 Å². The van der Waals surface area contributed by atoms with Gasteiger partial charge in [0.1, 0.15) is 5.82 Å². The summed E-state index contributed by atoms with van der Waals surface area (Å²) in [6, 6.07) is 5.08. The number of nitrogens with zero attached hydrogens (tertiary/aromatic N) is 1. The van der Waals surface area contributed by atoms with Crippen molar-refractivity contribution in [2.45, 2.75) is 19.0 Å². The number of morpholine rings is 1. The van der Waals surface area contributed by atoms with Gasteiger partial charge in [0, 0.05) is 29.7 Å². The molecule has 19 heavy (non-hydrogen) atoms. The van der Waals surface area contributed by atoms with E-state index in [0.29, 0.717) is 23.2 Å². The van der Waals surface area contributed by atoms with E-state index in [1.807, 2.05) is 7.05 Å². The zero-order valence-corrected chi connectivity index (χ0v) is 11.9. The molecule has 1 aromatic rings. The molecule has 1 fully saturated rings. The van der Waals surface area contributed by atoms with E-state index in [9.17, 15) is 4.39 Å². The highest BCUT2D eigenvalue weighted by Gasteiger charge is 2.14. The molecule has 0 saturated carbocycles. The van der Waals surface area contributed by atoms with Gasteiger partial charge in [0.25, 0.3) is 0 Å². The fourth-order valence-electron chi connectivity index (χ4n) is 2.22. The third kappa shape index (κ3) is 4.73.